The Balaban J connectivity index is 2.07. The molecule has 122 valence electrons. The van der Waals surface area contributed by atoms with Crippen LogP contribution in [0.1, 0.15) is 48.9 Å². The van der Waals surface area contributed by atoms with Crippen LogP contribution in [0.3, 0.4) is 0 Å². The average molecular weight is 435 g/mol. The van der Waals surface area contributed by atoms with Crippen molar-refractivity contribution in [2.75, 3.05) is 20.6 Å². The molecule has 0 aliphatic heterocycles. The van der Waals surface area contributed by atoms with Crippen molar-refractivity contribution in [3.05, 3.63) is 32.4 Å². The molecule has 1 aromatic carbocycles. The molecular formula is C17H24ClIN2O. The number of hydrogen-bond acceptors (Lipinski definition) is 2. The minimum atomic E-state index is -0.00783. The number of carbonyl (C=O) groups excluding carboxylic acids is 1. The second-order valence-corrected chi connectivity index (χ2v) is 7.94. The van der Waals surface area contributed by atoms with Gasteiger partial charge in [0.15, 0.2) is 0 Å². The van der Waals surface area contributed by atoms with Gasteiger partial charge in [0.25, 0.3) is 5.91 Å². The number of halogens is 2. The Hall–Kier alpha value is -0.330. The summed E-state index contributed by atoms with van der Waals surface area (Å²) in [5.41, 5.74) is 0.789. The van der Waals surface area contributed by atoms with Gasteiger partial charge < -0.3 is 10.2 Å². The molecule has 0 heterocycles. The zero-order valence-electron chi connectivity index (χ0n) is 13.3. The summed E-state index contributed by atoms with van der Waals surface area (Å²) in [6.07, 6.45) is 7.40. The van der Waals surface area contributed by atoms with Crippen LogP contribution in [-0.2, 0) is 0 Å². The Labute approximate surface area is 151 Å². The lowest BCUT2D eigenvalue weighted by molar-refractivity contribution is 0.0868. The first-order valence-corrected chi connectivity index (χ1v) is 9.31. The molecule has 0 unspecified atom stereocenters. The largest absolute Gasteiger partial charge is 0.350 e. The molecule has 1 aliphatic rings. The van der Waals surface area contributed by atoms with Crippen LogP contribution in [0, 0.1) is 3.57 Å². The number of nitrogens with one attached hydrogen (secondary N) is 1. The van der Waals surface area contributed by atoms with Gasteiger partial charge in [-0.1, -0.05) is 37.3 Å². The van der Waals surface area contributed by atoms with E-state index < -0.39 is 0 Å². The number of rotatable bonds is 4. The third-order valence-electron chi connectivity index (χ3n) is 4.74. The summed E-state index contributed by atoms with van der Waals surface area (Å²) in [4.78, 5) is 14.8. The van der Waals surface area contributed by atoms with E-state index in [1.807, 2.05) is 6.07 Å². The van der Waals surface area contributed by atoms with Gasteiger partial charge in [-0.3, -0.25) is 4.79 Å². The molecule has 1 aromatic rings. The van der Waals surface area contributed by atoms with E-state index >= 15 is 0 Å². The summed E-state index contributed by atoms with van der Waals surface area (Å²) in [5.74, 6) is -0.00783. The van der Waals surface area contributed by atoms with Gasteiger partial charge in [0.05, 0.1) is 5.56 Å². The second kappa shape index (κ2) is 7.97. The first-order valence-electron chi connectivity index (χ1n) is 7.85. The molecule has 0 atom stereocenters. The van der Waals surface area contributed by atoms with Crippen LogP contribution in [0.15, 0.2) is 18.2 Å². The highest BCUT2D eigenvalue weighted by Crippen LogP contribution is 2.30. The normalized spacial score (nSPS) is 18.0. The van der Waals surface area contributed by atoms with Crippen LogP contribution in [0.2, 0.25) is 5.02 Å². The van der Waals surface area contributed by atoms with Crippen molar-refractivity contribution in [2.45, 2.75) is 44.1 Å². The summed E-state index contributed by atoms with van der Waals surface area (Å²) in [5, 5.41) is 3.81. The Kier molecular flexibility index (Phi) is 6.53. The van der Waals surface area contributed by atoms with Crippen LogP contribution < -0.4 is 5.32 Å². The van der Waals surface area contributed by atoms with E-state index in [9.17, 15) is 4.79 Å². The number of benzene rings is 1. The summed E-state index contributed by atoms with van der Waals surface area (Å²) >= 11 is 8.12. The van der Waals surface area contributed by atoms with E-state index in [1.165, 1.54) is 25.7 Å². The number of hydrogen-bond donors (Lipinski definition) is 1. The number of nitrogens with zero attached hydrogens (tertiary/aromatic N) is 1. The van der Waals surface area contributed by atoms with Gasteiger partial charge in [0.2, 0.25) is 0 Å². The zero-order valence-corrected chi connectivity index (χ0v) is 16.2. The molecule has 1 aliphatic carbocycles. The molecule has 2 rings (SSSR count). The lowest BCUT2D eigenvalue weighted by Crippen LogP contribution is -2.52. The van der Waals surface area contributed by atoms with Crippen LogP contribution in [-0.4, -0.2) is 37.0 Å². The highest BCUT2D eigenvalue weighted by molar-refractivity contribution is 14.1. The predicted molar refractivity (Wildman–Crippen MR) is 101 cm³/mol. The molecule has 0 radical (unpaired) electrons. The van der Waals surface area contributed by atoms with Gasteiger partial charge in [0, 0.05) is 20.7 Å². The smallest absolute Gasteiger partial charge is 0.252 e. The standard InChI is InChI=1S/C17H24ClIN2O/c1-21(2)17(9-5-3-4-6-10-17)12-20-16(22)14-8-7-13(18)11-15(14)19/h7-8,11H,3-6,9-10,12H2,1-2H3,(H,20,22). The minimum Gasteiger partial charge on any atom is -0.350 e. The molecule has 22 heavy (non-hydrogen) atoms. The van der Waals surface area contributed by atoms with Gasteiger partial charge in [-0.15, -0.1) is 0 Å². The van der Waals surface area contributed by atoms with Crippen molar-refractivity contribution in [1.82, 2.24) is 10.2 Å². The maximum Gasteiger partial charge on any atom is 0.252 e. The first-order chi connectivity index (χ1) is 10.4. The van der Waals surface area contributed by atoms with Crippen LogP contribution in [0.4, 0.5) is 0 Å². The maximum atomic E-state index is 12.5. The van der Waals surface area contributed by atoms with Crippen molar-refractivity contribution < 1.29 is 4.79 Å². The topological polar surface area (TPSA) is 32.3 Å². The quantitative estimate of drug-likeness (QED) is 0.565. The molecular weight excluding hydrogens is 411 g/mol. The van der Waals surface area contributed by atoms with Gasteiger partial charge in [-0.05, 0) is 67.7 Å². The van der Waals surface area contributed by atoms with Gasteiger partial charge in [0.1, 0.15) is 0 Å². The third kappa shape index (κ3) is 4.36. The minimum absolute atomic E-state index is 0.00783. The molecule has 1 saturated carbocycles. The Bertz CT molecular complexity index is 525. The molecule has 5 heteroatoms. The van der Waals surface area contributed by atoms with Crippen molar-refractivity contribution >= 4 is 40.1 Å². The second-order valence-electron chi connectivity index (χ2n) is 6.34. The van der Waals surface area contributed by atoms with Gasteiger partial charge in [-0.25, -0.2) is 0 Å². The van der Waals surface area contributed by atoms with Crippen molar-refractivity contribution in [3.63, 3.8) is 0 Å². The summed E-state index contributed by atoms with van der Waals surface area (Å²) in [6.45, 7) is 0.706. The van der Waals surface area contributed by atoms with Crippen molar-refractivity contribution in [3.8, 4) is 0 Å². The van der Waals surface area contributed by atoms with Gasteiger partial charge >= 0.3 is 0 Å². The molecule has 3 nitrogen and oxygen atoms in total. The van der Waals surface area contributed by atoms with Crippen molar-refractivity contribution in [1.29, 1.82) is 0 Å². The van der Waals surface area contributed by atoms with Crippen LogP contribution in [0.5, 0.6) is 0 Å². The molecule has 1 amide bonds. The average Bonchev–Trinajstić information content (AvgIpc) is 2.71. The molecule has 0 saturated heterocycles. The zero-order chi connectivity index (χ0) is 16.2. The molecule has 0 bridgehead atoms. The molecule has 1 fully saturated rings. The molecule has 0 aromatic heterocycles. The molecule has 0 spiro atoms. The predicted octanol–water partition coefficient (Wildman–Crippen LogP) is 4.33. The van der Waals surface area contributed by atoms with Gasteiger partial charge in [-0.2, -0.15) is 0 Å². The lowest BCUT2D eigenvalue weighted by atomic mass is 9.88. The van der Waals surface area contributed by atoms with E-state index in [0.717, 1.165) is 16.4 Å². The highest BCUT2D eigenvalue weighted by atomic mass is 127. The fourth-order valence-corrected chi connectivity index (χ4v) is 4.30. The third-order valence-corrected chi connectivity index (χ3v) is 5.86. The maximum absolute atomic E-state index is 12.5. The monoisotopic (exact) mass is 434 g/mol. The first kappa shape index (κ1) is 18.0. The van der Waals surface area contributed by atoms with E-state index in [-0.39, 0.29) is 11.4 Å². The Morgan fingerprint density at radius 3 is 2.45 bits per heavy atom. The lowest BCUT2D eigenvalue weighted by Gasteiger charge is -2.39. The Morgan fingerprint density at radius 2 is 1.91 bits per heavy atom. The Morgan fingerprint density at radius 1 is 1.27 bits per heavy atom. The van der Waals surface area contributed by atoms with E-state index in [1.54, 1.807) is 12.1 Å². The van der Waals surface area contributed by atoms with Crippen molar-refractivity contribution in [2.24, 2.45) is 0 Å². The van der Waals surface area contributed by atoms with Crippen LogP contribution in [0.25, 0.3) is 0 Å². The summed E-state index contributed by atoms with van der Waals surface area (Å²) < 4.78 is 0.891. The number of carbonyl (C=O) groups is 1. The van der Waals surface area contributed by atoms with E-state index in [2.05, 4.69) is 46.9 Å². The number of amides is 1. The SMILES string of the molecule is CN(C)C1(CNC(=O)c2ccc(Cl)cc2I)CCCCCC1. The molecule has 1 N–H and O–H groups in total. The van der Waals surface area contributed by atoms with Crippen LogP contribution >= 0.6 is 34.2 Å². The van der Waals surface area contributed by atoms with E-state index in [4.69, 9.17) is 11.6 Å². The highest BCUT2D eigenvalue weighted by Gasteiger charge is 2.33. The fourth-order valence-electron chi connectivity index (χ4n) is 3.18. The summed E-state index contributed by atoms with van der Waals surface area (Å²) in [6, 6.07) is 5.39. The number of likely N-dealkylation sites (N-methyl/N-ethyl adjacent to an activating group) is 1. The fraction of sp³-hybridized carbons (Fsp3) is 0.588. The van der Waals surface area contributed by atoms with E-state index in [0.29, 0.717) is 17.1 Å². The summed E-state index contributed by atoms with van der Waals surface area (Å²) in [7, 11) is 4.26.